The van der Waals surface area contributed by atoms with Crippen LogP contribution < -0.4 is 4.74 Å². The molecule has 0 fully saturated rings. The molecule has 5 nitrogen and oxygen atoms in total. The Labute approximate surface area is 110 Å². The van der Waals surface area contributed by atoms with E-state index in [1.165, 1.54) is 6.20 Å². The van der Waals surface area contributed by atoms with Crippen molar-refractivity contribution in [1.82, 2.24) is 4.98 Å². The molecule has 1 heterocycles. The third kappa shape index (κ3) is 2.83. The predicted molar refractivity (Wildman–Crippen MR) is 68.6 cm³/mol. The molecule has 0 aliphatic carbocycles. The lowest BCUT2D eigenvalue weighted by molar-refractivity contribution is -0.0225. The van der Waals surface area contributed by atoms with Crippen LogP contribution in [0.2, 0.25) is 0 Å². The van der Waals surface area contributed by atoms with Crippen molar-refractivity contribution in [3.05, 3.63) is 53.3 Å². The molecule has 0 amide bonds. The first-order valence-electron chi connectivity index (χ1n) is 5.81. The van der Waals surface area contributed by atoms with Crippen LogP contribution in [0.4, 0.5) is 0 Å². The Hall–Kier alpha value is -2.11. The molecule has 2 aromatic rings. The molecule has 1 aromatic heterocycles. The number of ether oxygens (including phenoxy) is 1. The zero-order chi connectivity index (χ0) is 13.8. The van der Waals surface area contributed by atoms with Gasteiger partial charge in [-0.3, -0.25) is 4.98 Å². The van der Waals surface area contributed by atoms with Crippen LogP contribution in [0, 0.1) is 6.92 Å². The van der Waals surface area contributed by atoms with Gasteiger partial charge < -0.3 is 20.1 Å². The van der Waals surface area contributed by atoms with Gasteiger partial charge in [-0.25, -0.2) is 0 Å². The van der Waals surface area contributed by atoms with Crippen molar-refractivity contribution in [1.29, 1.82) is 0 Å². The van der Waals surface area contributed by atoms with E-state index in [1.807, 2.05) is 6.07 Å². The van der Waals surface area contributed by atoms with Gasteiger partial charge in [0.1, 0.15) is 11.5 Å². The maximum absolute atomic E-state index is 10.1. The van der Waals surface area contributed by atoms with Gasteiger partial charge in [-0.2, -0.15) is 0 Å². The number of aryl methyl sites for hydroxylation is 1. The minimum atomic E-state index is -1.37. The third-order valence-electron chi connectivity index (χ3n) is 2.77. The van der Waals surface area contributed by atoms with E-state index < -0.39 is 6.29 Å². The first kappa shape index (κ1) is 13.3. The summed E-state index contributed by atoms with van der Waals surface area (Å²) in [5.41, 5.74) is 0.827. The monoisotopic (exact) mass is 261 g/mol. The second-order valence-electron chi connectivity index (χ2n) is 4.07. The average molecular weight is 261 g/mol. The van der Waals surface area contributed by atoms with Crippen molar-refractivity contribution < 1.29 is 20.1 Å². The number of hydrogen-bond acceptors (Lipinski definition) is 5. The largest absolute Gasteiger partial charge is 0.506 e. The van der Waals surface area contributed by atoms with Gasteiger partial charge in [0.05, 0.1) is 17.9 Å². The highest BCUT2D eigenvalue weighted by atomic mass is 16.6. The predicted octanol–water partition coefficient (Wildman–Crippen LogP) is 1.66. The highest BCUT2D eigenvalue weighted by Gasteiger charge is 2.20. The minimum Gasteiger partial charge on any atom is -0.506 e. The van der Waals surface area contributed by atoms with Crippen LogP contribution in [0.1, 0.15) is 23.1 Å². The summed E-state index contributed by atoms with van der Waals surface area (Å²) < 4.78 is 5.34. The SMILES string of the molecule is Cc1ncc(CO)c(C(O)Oc2ccccc2)c1O. The molecule has 100 valence electrons. The summed E-state index contributed by atoms with van der Waals surface area (Å²) in [5.74, 6) is 0.294. The molecule has 0 aliphatic heterocycles. The standard InChI is InChI=1S/C14H15NO4/c1-9-13(17)12(10(8-16)7-15-9)14(18)19-11-5-3-2-4-6-11/h2-7,14,16-18H,8H2,1H3. The second-order valence-corrected chi connectivity index (χ2v) is 4.07. The molecule has 19 heavy (non-hydrogen) atoms. The van der Waals surface area contributed by atoms with Crippen LogP contribution in [0.25, 0.3) is 0 Å². The third-order valence-corrected chi connectivity index (χ3v) is 2.77. The summed E-state index contributed by atoms with van der Waals surface area (Å²) in [6.45, 7) is 1.26. The quantitative estimate of drug-likeness (QED) is 0.729. The molecule has 5 heteroatoms. The van der Waals surface area contributed by atoms with E-state index in [0.717, 1.165) is 0 Å². The summed E-state index contributed by atoms with van der Waals surface area (Å²) >= 11 is 0. The maximum atomic E-state index is 10.1. The fourth-order valence-corrected chi connectivity index (χ4v) is 1.74. The number of pyridine rings is 1. The van der Waals surface area contributed by atoms with Crippen LogP contribution in [0.3, 0.4) is 0 Å². The van der Waals surface area contributed by atoms with Gasteiger partial charge in [0, 0.05) is 11.8 Å². The number of aromatic hydroxyl groups is 1. The number of aromatic nitrogens is 1. The number of hydrogen-bond donors (Lipinski definition) is 3. The molecule has 1 aromatic carbocycles. The number of aliphatic hydroxyl groups is 2. The lowest BCUT2D eigenvalue weighted by Crippen LogP contribution is -2.11. The van der Waals surface area contributed by atoms with Crippen molar-refractivity contribution in [2.45, 2.75) is 19.8 Å². The molecular weight excluding hydrogens is 246 g/mol. The first-order valence-corrected chi connectivity index (χ1v) is 5.81. The zero-order valence-electron chi connectivity index (χ0n) is 10.4. The smallest absolute Gasteiger partial charge is 0.228 e. The molecular formula is C14H15NO4. The van der Waals surface area contributed by atoms with Crippen molar-refractivity contribution in [3.8, 4) is 11.5 Å². The number of aliphatic hydroxyl groups excluding tert-OH is 2. The van der Waals surface area contributed by atoms with Crippen LogP contribution in [0.15, 0.2) is 36.5 Å². The number of benzene rings is 1. The maximum Gasteiger partial charge on any atom is 0.228 e. The van der Waals surface area contributed by atoms with Gasteiger partial charge in [0.2, 0.25) is 6.29 Å². The lowest BCUT2D eigenvalue weighted by Gasteiger charge is -2.18. The molecule has 1 unspecified atom stereocenters. The van der Waals surface area contributed by atoms with E-state index in [4.69, 9.17) is 4.74 Å². The topological polar surface area (TPSA) is 82.8 Å². The molecule has 0 saturated carbocycles. The van der Waals surface area contributed by atoms with Gasteiger partial charge in [0.15, 0.2) is 0 Å². The summed E-state index contributed by atoms with van der Waals surface area (Å²) in [6.07, 6.45) is 0.0355. The normalized spacial score (nSPS) is 12.2. The van der Waals surface area contributed by atoms with E-state index >= 15 is 0 Å². The van der Waals surface area contributed by atoms with E-state index in [9.17, 15) is 15.3 Å². The summed E-state index contributed by atoms with van der Waals surface area (Å²) in [7, 11) is 0. The summed E-state index contributed by atoms with van der Waals surface area (Å²) in [4.78, 5) is 3.92. The average Bonchev–Trinajstić information content (AvgIpc) is 2.42. The van der Waals surface area contributed by atoms with Crippen LogP contribution in [-0.2, 0) is 6.61 Å². The van der Waals surface area contributed by atoms with Crippen molar-refractivity contribution in [2.24, 2.45) is 0 Å². The number of nitrogens with zero attached hydrogens (tertiary/aromatic N) is 1. The van der Waals surface area contributed by atoms with Crippen molar-refractivity contribution in [2.75, 3.05) is 0 Å². The highest BCUT2D eigenvalue weighted by molar-refractivity contribution is 5.41. The molecule has 0 radical (unpaired) electrons. The fraction of sp³-hybridized carbons (Fsp3) is 0.214. The highest BCUT2D eigenvalue weighted by Crippen LogP contribution is 2.31. The number of para-hydroxylation sites is 1. The Morgan fingerprint density at radius 3 is 2.58 bits per heavy atom. The molecule has 0 saturated heterocycles. The van der Waals surface area contributed by atoms with Crippen molar-refractivity contribution >= 4 is 0 Å². The van der Waals surface area contributed by atoms with E-state index in [-0.39, 0.29) is 17.9 Å². The van der Waals surface area contributed by atoms with E-state index in [2.05, 4.69) is 4.98 Å². The summed E-state index contributed by atoms with van der Waals surface area (Å²) in [6, 6.07) is 8.74. The molecule has 3 N–H and O–H groups in total. The Bertz CT molecular complexity index is 557. The molecule has 2 rings (SSSR count). The van der Waals surface area contributed by atoms with Gasteiger partial charge in [-0.15, -0.1) is 0 Å². The fourth-order valence-electron chi connectivity index (χ4n) is 1.74. The van der Waals surface area contributed by atoms with Gasteiger partial charge in [0.25, 0.3) is 0 Å². The van der Waals surface area contributed by atoms with Crippen molar-refractivity contribution in [3.63, 3.8) is 0 Å². The first-order chi connectivity index (χ1) is 9.13. The van der Waals surface area contributed by atoms with Gasteiger partial charge >= 0.3 is 0 Å². The Balaban J connectivity index is 2.33. The van der Waals surface area contributed by atoms with Gasteiger partial charge in [-0.1, -0.05) is 18.2 Å². The van der Waals surface area contributed by atoms with Crippen LogP contribution in [0.5, 0.6) is 11.5 Å². The Kier molecular flexibility index (Phi) is 3.99. The molecule has 0 bridgehead atoms. The lowest BCUT2D eigenvalue weighted by atomic mass is 10.1. The van der Waals surface area contributed by atoms with E-state index in [1.54, 1.807) is 31.2 Å². The minimum absolute atomic E-state index is 0.138. The van der Waals surface area contributed by atoms with Gasteiger partial charge in [-0.05, 0) is 19.1 Å². The zero-order valence-corrected chi connectivity index (χ0v) is 10.4. The number of rotatable bonds is 4. The Morgan fingerprint density at radius 2 is 1.95 bits per heavy atom. The Morgan fingerprint density at radius 1 is 1.26 bits per heavy atom. The van der Waals surface area contributed by atoms with E-state index in [0.29, 0.717) is 17.0 Å². The van der Waals surface area contributed by atoms with Crippen LogP contribution in [-0.4, -0.2) is 20.3 Å². The molecule has 0 spiro atoms. The summed E-state index contributed by atoms with van der Waals surface area (Å²) in [5, 5.41) is 29.2. The van der Waals surface area contributed by atoms with Crippen LogP contribution >= 0.6 is 0 Å². The molecule has 1 atom stereocenters. The molecule has 0 aliphatic rings. The second kappa shape index (κ2) is 5.69.